The van der Waals surface area contributed by atoms with E-state index < -0.39 is 17.4 Å². The number of aliphatic hydroxyl groups is 1. The molecule has 1 atom stereocenters. The monoisotopic (exact) mass is 405 g/mol. The van der Waals surface area contributed by atoms with Crippen LogP contribution < -0.4 is 10.1 Å². The summed E-state index contributed by atoms with van der Waals surface area (Å²) >= 11 is 0. The van der Waals surface area contributed by atoms with Gasteiger partial charge >= 0.3 is 0 Å². The van der Waals surface area contributed by atoms with E-state index in [9.17, 15) is 14.7 Å². The molecule has 3 N–H and O–H groups in total. The van der Waals surface area contributed by atoms with Crippen molar-refractivity contribution in [2.45, 2.75) is 12.0 Å². The van der Waals surface area contributed by atoms with Gasteiger partial charge in [0.05, 0.1) is 18.8 Å². The lowest BCUT2D eigenvalue weighted by Gasteiger charge is -2.13. The summed E-state index contributed by atoms with van der Waals surface area (Å²) in [5, 5.41) is 20.6. The lowest BCUT2D eigenvalue weighted by Crippen LogP contribution is -2.37. The lowest BCUT2D eigenvalue weighted by atomic mass is 10.0. The van der Waals surface area contributed by atoms with Gasteiger partial charge in [0.2, 0.25) is 11.5 Å². The Morgan fingerprint density at radius 1 is 1.40 bits per heavy atom. The molecule has 1 aromatic carbocycles. The standard InChI is InChI=1S/C21H19N5O4/c1-26-9-8-21(29,20(26)28)7-6-13-4-3-5-14(10-13)23-19(27)18-15-11-17(30-2)22-12-16(15)24-25-18/h3-5,10-12,29H,8-9H2,1-2H3,(H,23,27)(H,24,25)/t21-/m0/s1. The molecule has 1 fully saturated rings. The summed E-state index contributed by atoms with van der Waals surface area (Å²) in [5.41, 5.74) is 0.206. The van der Waals surface area contributed by atoms with Gasteiger partial charge in [-0.2, -0.15) is 5.10 Å². The molecule has 4 rings (SSSR count). The maximum atomic E-state index is 12.7. The van der Waals surface area contributed by atoms with Gasteiger partial charge in [-0.05, 0) is 18.2 Å². The van der Waals surface area contributed by atoms with E-state index >= 15 is 0 Å². The predicted octanol–water partition coefficient (Wildman–Crippen LogP) is 1.16. The molecule has 0 radical (unpaired) electrons. The predicted molar refractivity (Wildman–Crippen MR) is 109 cm³/mol. The third kappa shape index (κ3) is 3.56. The molecule has 3 aromatic rings. The number of anilines is 1. The highest BCUT2D eigenvalue weighted by Crippen LogP contribution is 2.22. The maximum Gasteiger partial charge on any atom is 0.276 e. The van der Waals surface area contributed by atoms with Crippen molar-refractivity contribution in [3.05, 3.63) is 47.8 Å². The fourth-order valence-electron chi connectivity index (χ4n) is 3.19. The number of rotatable bonds is 3. The van der Waals surface area contributed by atoms with E-state index in [0.717, 1.165) is 0 Å². The minimum Gasteiger partial charge on any atom is -0.481 e. The summed E-state index contributed by atoms with van der Waals surface area (Å²) < 4.78 is 5.10. The van der Waals surface area contributed by atoms with Crippen molar-refractivity contribution in [1.29, 1.82) is 0 Å². The van der Waals surface area contributed by atoms with Crippen LogP contribution in [0.25, 0.3) is 10.9 Å². The first kappa shape index (κ1) is 19.4. The summed E-state index contributed by atoms with van der Waals surface area (Å²) in [6, 6.07) is 8.46. The maximum absolute atomic E-state index is 12.7. The zero-order valence-corrected chi connectivity index (χ0v) is 16.4. The third-order valence-electron chi connectivity index (χ3n) is 4.89. The highest BCUT2D eigenvalue weighted by Gasteiger charge is 2.42. The molecule has 2 amide bonds. The molecule has 1 aliphatic heterocycles. The number of amides is 2. The summed E-state index contributed by atoms with van der Waals surface area (Å²) in [4.78, 5) is 30.3. The molecule has 0 aliphatic carbocycles. The topological polar surface area (TPSA) is 120 Å². The van der Waals surface area contributed by atoms with Crippen LogP contribution >= 0.6 is 0 Å². The van der Waals surface area contributed by atoms with Gasteiger partial charge in [0.25, 0.3) is 11.8 Å². The van der Waals surface area contributed by atoms with E-state index in [1.165, 1.54) is 12.0 Å². The number of ether oxygens (including phenoxy) is 1. The van der Waals surface area contributed by atoms with Crippen LogP contribution in [0.5, 0.6) is 5.88 Å². The third-order valence-corrected chi connectivity index (χ3v) is 4.89. The molecule has 9 heteroatoms. The Morgan fingerprint density at radius 3 is 2.97 bits per heavy atom. The molecule has 30 heavy (non-hydrogen) atoms. The van der Waals surface area contributed by atoms with Gasteiger partial charge in [-0.1, -0.05) is 17.9 Å². The Morgan fingerprint density at radius 2 is 2.23 bits per heavy atom. The van der Waals surface area contributed by atoms with Crippen molar-refractivity contribution in [3.8, 4) is 17.7 Å². The highest BCUT2D eigenvalue weighted by atomic mass is 16.5. The van der Waals surface area contributed by atoms with Gasteiger partial charge < -0.3 is 20.1 Å². The lowest BCUT2D eigenvalue weighted by molar-refractivity contribution is -0.137. The molecule has 1 saturated heterocycles. The minimum absolute atomic E-state index is 0.205. The number of aromatic nitrogens is 3. The average molecular weight is 405 g/mol. The van der Waals surface area contributed by atoms with E-state index in [1.54, 1.807) is 43.6 Å². The number of hydrogen-bond acceptors (Lipinski definition) is 6. The number of pyridine rings is 1. The number of likely N-dealkylation sites (N-methyl/N-ethyl adjacent to an activating group) is 1. The number of nitrogens with one attached hydrogen (secondary N) is 2. The van der Waals surface area contributed by atoms with Crippen LogP contribution in [0.3, 0.4) is 0 Å². The van der Waals surface area contributed by atoms with Gasteiger partial charge in [0, 0.05) is 42.7 Å². The number of methoxy groups -OCH3 is 1. The molecule has 1 aliphatic rings. The quantitative estimate of drug-likeness (QED) is 0.563. The molecule has 0 spiro atoms. The van der Waals surface area contributed by atoms with Crippen LogP contribution in [-0.4, -0.2) is 63.3 Å². The number of hydrogen-bond donors (Lipinski definition) is 3. The van der Waals surface area contributed by atoms with Gasteiger partial charge in [0.15, 0.2) is 5.69 Å². The van der Waals surface area contributed by atoms with E-state index in [4.69, 9.17) is 4.74 Å². The molecule has 2 aromatic heterocycles. The van der Waals surface area contributed by atoms with Gasteiger partial charge in [-0.25, -0.2) is 4.98 Å². The Bertz CT molecular complexity index is 1210. The number of fused-ring (bicyclic) bond motifs is 1. The van der Waals surface area contributed by atoms with Crippen LogP contribution in [0.1, 0.15) is 22.5 Å². The second-order valence-corrected chi connectivity index (χ2v) is 6.97. The van der Waals surface area contributed by atoms with Crippen LogP contribution in [0.4, 0.5) is 5.69 Å². The summed E-state index contributed by atoms with van der Waals surface area (Å²) in [6.45, 7) is 0.456. The second-order valence-electron chi connectivity index (χ2n) is 6.97. The van der Waals surface area contributed by atoms with Gasteiger partial charge in [-0.3, -0.25) is 14.7 Å². The molecule has 3 heterocycles. The summed E-state index contributed by atoms with van der Waals surface area (Å²) in [6.07, 6.45) is 1.80. The first-order chi connectivity index (χ1) is 14.4. The Balaban J connectivity index is 1.55. The fourth-order valence-corrected chi connectivity index (χ4v) is 3.19. The Labute approximate surface area is 172 Å². The van der Waals surface area contributed by atoms with Crippen LogP contribution in [-0.2, 0) is 4.79 Å². The van der Waals surface area contributed by atoms with Crippen LogP contribution in [0, 0.1) is 11.8 Å². The van der Waals surface area contributed by atoms with Crippen LogP contribution in [0.2, 0.25) is 0 Å². The number of benzene rings is 1. The van der Waals surface area contributed by atoms with E-state index in [0.29, 0.717) is 34.6 Å². The average Bonchev–Trinajstić information content (AvgIpc) is 3.29. The molecular formula is C21H19N5O4. The first-order valence-corrected chi connectivity index (χ1v) is 9.20. The van der Waals surface area contributed by atoms with Gasteiger partial charge in [0.1, 0.15) is 0 Å². The fraction of sp³-hybridized carbons (Fsp3) is 0.238. The van der Waals surface area contributed by atoms with Gasteiger partial charge in [-0.15, -0.1) is 0 Å². The molecule has 9 nitrogen and oxygen atoms in total. The zero-order chi connectivity index (χ0) is 21.3. The van der Waals surface area contributed by atoms with Crippen molar-refractivity contribution in [2.24, 2.45) is 0 Å². The van der Waals surface area contributed by atoms with E-state index in [1.807, 2.05) is 0 Å². The van der Waals surface area contributed by atoms with Crippen molar-refractivity contribution < 1.29 is 19.4 Å². The number of likely N-dealkylation sites (tertiary alicyclic amines) is 1. The summed E-state index contributed by atoms with van der Waals surface area (Å²) in [7, 11) is 3.12. The second kappa shape index (κ2) is 7.50. The normalized spacial score (nSPS) is 18.2. The van der Waals surface area contributed by atoms with Crippen molar-refractivity contribution in [3.63, 3.8) is 0 Å². The summed E-state index contributed by atoms with van der Waals surface area (Å²) in [5.74, 6) is 5.05. The van der Waals surface area contributed by atoms with Crippen molar-refractivity contribution in [1.82, 2.24) is 20.1 Å². The van der Waals surface area contributed by atoms with E-state index in [-0.39, 0.29) is 12.1 Å². The molecule has 152 valence electrons. The zero-order valence-electron chi connectivity index (χ0n) is 16.4. The Hall–Kier alpha value is -3.90. The number of nitrogens with zero attached hydrogens (tertiary/aromatic N) is 3. The number of H-pyrrole nitrogens is 1. The van der Waals surface area contributed by atoms with E-state index in [2.05, 4.69) is 32.3 Å². The smallest absolute Gasteiger partial charge is 0.276 e. The molecule has 0 saturated carbocycles. The SMILES string of the molecule is COc1cc2c(C(=O)Nc3cccc(C#C[C@]4(O)CCN(C)C4=O)c3)n[nH]c2cn1. The Kier molecular flexibility index (Phi) is 4.85. The first-order valence-electron chi connectivity index (χ1n) is 9.20. The molecular weight excluding hydrogens is 386 g/mol. The number of carbonyl (C=O) groups is 2. The molecule has 0 bridgehead atoms. The largest absolute Gasteiger partial charge is 0.481 e. The highest BCUT2D eigenvalue weighted by molar-refractivity contribution is 6.11. The number of carbonyl (C=O) groups excluding carboxylic acids is 2. The minimum atomic E-state index is -1.67. The van der Waals surface area contributed by atoms with Crippen molar-refractivity contribution in [2.75, 3.05) is 26.0 Å². The van der Waals surface area contributed by atoms with Crippen LogP contribution in [0.15, 0.2) is 36.5 Å². The number of aromatic amines is 1. The van der Waals surface area contributed by atoms with Crippen molar-refractivity contribution >= 4 is 28.4 Å². The molecule has 0 unspecified atom stereocenters.